The van der Waals surface area contributed by atoms with Gasteiger partial charge in [0.15, 0.2) is 9.84 Å². The van der Waals surface area contributed by atoms with E-state index in [9.17, 15) is 13.2 Å². The number of nitrogens with zero attached hydrogens (tertiary/aromatic N) is 1. The topological polar surface area (TPSA) is 54.5 Å². The van der Waals surface area contributed by atoms with Gasteiger partial charge in [-0.05, 0) is 31.2 Å². The molecule has 0 aliphatic carbocycles. The van der Waals surface area contributed by atoms with Crippen LogP contribution in [0.1, 0.15) is 16.9 Å². The van der Waals surface area contributed by atoms with Crippen LogP contribution in [0.3, 0.4) is 0 Å². The van der Waals surface area contributed by atoms with Gasteiger partial charge in [-0.25, -0.2) is 8.42 Å². The molecule has 0 spiro atoms. The molecule has 0 atom stereocenters. The Morgan fingerprint density at radius 1 is 1.24 bits per heavy atom. The highest BCUT2D eigenvalue weighted by Crippen LogP contribution is 2.23. The summed E-state index contributed by atoms with van der Waals surface area (Å²) >= 11 is 7.32. The number of carbonyl (C=O) groups excluding carboxylic acids is 1. The van der Waals surface area contributed by atoms with Crippen molar-refractivity contribution in [3.8, 4) is 0 Å². The Bertz CT molecular complexity index is 841. The lowest BCUT2D eigenvalue weighted by atomic mass is 10.2. The van der Waals surface area contributed by atoms with E-state index in [-0.39, 0.29) is 23.0 Å². The van der Waals surface area contributed by atoms with Crippen LogP contribution in [0.4, 0.5) is 0 Å². The molecule has 0 saturated heterocycles. The average molecular weight is 398 g/mol. The summed E-state index contributed by atoms with van der Waals surface area (Å²) in [6, 6.07) is 10.3. The fraction of sp³-hybridized carbons (Fsp3) is 0.278. The highest BCUT2D eigenvalue weighted by Gasteiger charge is 2.20. The Morgan fingerprint density at radius 2 is 1.92 bits per heavy atom. The second kappa shape index (κ2) is 8.65. The minimum atomic E-state index is -3.48. The first-order valence-electron chi connectivity index (χ1n) is 7.74. The fourth-order valence-electron chi connectivity index (χ4n) is 2.28. The third kappa shape index (κ3) is 5.70. The first kappa shape index (κ1) is 19.7. The van der Waals surface area contributed by atoms with Gasteiger partial charge in [-0.2, -0.15) is 0 Å². The summed E-state index contributed by atoms with van der Waals surface area (Å²) in [5.74, 6) is -0.437. The standard InChI is InChI=1S/C18H20ClNO3S2/c1-3-11-20(13-15-6-9-17(19)24-15)18(21)10-12-25(22,23)16-7-4-14(2)5-8-16/h3-9H,1,10-13H2,2H3. The van der Waals surface area contributed by atoms with Gasteiger partial charge >= 0.3 is 0 Å². The van der Waals surface area contributed by atoms with Crippen LogP contribution >= 0.6 is 22.9 Å². The smallest absolute Gasteiger partial charge is 0.224 e. The van der Waals surface area contributed by atoms with E-state index in [1.807, 2.05) is 13.0 Å². The molecule has 7 heteroatoms. The van der Waals surface area contributed by atoms with Crippen molar-refractivity contribution in [3.63, 3.8) is 0 Å². The molecule has 2 aromatic rings. The summed E-state index contributed by atoms with van der Waals surface area (Å²) < 4.78 is 25.4. The van der Waals surface area contributed by atoms with Crippen molar-refractivity contribution in [1.82, 2.24) is 4.90 Å². The number of hydrogen-bond acceptors (Lipinski definition) is 4. The summed E-state index contributed by atoms with van der Waals surface area (Å²) in [6.07, 6.45) is 1.56. The van der Waals surface area contributed by atoms with Crippen molar-refractivity contribution in [2.24, 2.45) is 0 Å². The molecule has 1 aromatic carbocycles. The number of halogens is 1. The van der Waals surface area contributed by atoms with Crippen LogP contribution in [-0.4, -0.2) is 31.5 Å². The van der Waals surface area contributed by atoms with Gasteiger partial charge in [-0.15, -0.1) is 17.9 Å². The van der Waals surface area contributed by atoms with E-state index in [2.05, 4.69) is 6.58 Å². The summed E-state index contributed by atoms with van der Waals surface area (Å²) in [6.45, 7) is 6.31. The van der Waals surface area contributed by atoms with Gasteiger partial charge in [0.05, 0.1) is 21.5 Å². The highest BCUT2D eigenvalue weighted by molar-refractivity contribution is 7.91. The van der Waals surface area contributed by atoms with Crippen molar-refractivity contribution >= 4 is 38.7 Å². The average Bonchev–Trinajstić information content (AvgIpc) is 2.98. The predicted molar refractivity (Wildman–Crippen MR) is 103 cm³/mol. The van der Waals surface area contributed by atoms with Crippen molar-refractivity contribution in [2.45, 2.75) is 24.8 Å². The largest absolute Gasteiger partial charge is 0.334 e. The number of sulfone groups is 1. The zero-order valence-electron chi connectivity index (χ0n) is 13.9. The number of amides is 1. The van der Waals surface area contributed by atoms with Gasteiger partial charge in [0.2, 0.25) is 5.91 Å². The molecular weight excluding hydrogens is 378 g/mol. The van der Waals surface area contributed by atoms with Crippen molar-refractivity contribution in [2.75, 3.05) is 12.3 Å². The van der Waals surface area contributed by atoms with Crippen LogP contribution < -0.4 is 0 Å². The van der Waals surface area contributed by atoms with Gasteiger partial charge in [-0.3, -0.25) is 4.79 Å². The molecule has 1 amide bonds. The number of aryl methyl sites for hydroxylation is 1. The molecule has 25 heavy (non-hydrogen) atoms. The van der Waals surface area contributed by atoms with E-state index in [1.165, 1.54) is 11.3 Å². The van der Waals surface area contributed by atoms with Crippen LogP contribution in [0.5, 0.6) is 0 Å². The van der Waals surface area contributed by atoms with Crippen molar-refractivity contribution in [3.05, 3.63) is 63.8 Å². The molecule has 0 radical (unpaired) electrons. The Hall–Kier alpha value is -1.63. The summed E-state index contributed by atoms with van der Waals surface area (Å²) in [5.41, 5.74) is 0.988. The quantitative estimate of drug-likeness (QED) is 0.630. The molecule has 0 N–H and O–H groups in total. The van der Waals surface area contributed by atoms with Crippen LogP contribution in [0, 0.1) is 6.92 Å². The van der Waals surface area contributed by atoms with E-state index in [1.54, 1.807) is 41.3 Å². The SMILES string of the molecule is C=CCN(Cc1ccc(Cl)s1)C(=O)CCS(=O)(=O)c1ccc(C)cc1. The number of thiophene rings is 1. The third-order valence-corrected chi connectivity index (χ3v) is 6.59. The third-order valence-electron chi connectivity index (χ3n) is 3.64. The molecular formula is C18H20ClNO3S2. The molecule has 0 saturated carbocycles. The zero-order valence-corrected chi connectivity index (χ0v) is 16.3. The van der Waals surface area contributed by atoms with Crippen LogP contribution in [0.25, 0.3) is 0 Å². The Kier molecular flexibility index (Phi) is 6.81. The molecule has 0 aliphatic rings. The Labute approximate surface area is 157 Å². The molecule has 4 nitrogen and oxygen atoms in total. The van der Waals surface area contributed by atoms with Gasteiger partial charge < -0.3 is 4.90 Å². The number of benzene rings is 1. The first-order valence-corrected chi connectivity index (χ1v) is 10.6. The molecule has 0 fully saturated rings. The molecule has 134 valence electrons. The highest BCUT2D eigenvalue weighted by atomic mass is 35.5. The molecule has 1 heterocycles. The first-order chi connectivity index (χ1) is 11.8. The zero-order chi connectivity index (χ0) is 18.4. The summed E-state index contributed by atoms with van der Waals surface area (Å²) in [4.78, 5) is 15.2. The molecule has 0 unspecified atom stereocenters. The van der Waals surface area contributed by atoms with E-state index in [0.717, 1.165) is 10.4 Å². The van der Waals surface area contributed by atoms with Crippen molar-refractivity contribution < 1.29 is 13.2 Å². The fourth-order valence-corrected chi connectivity index (χ4v) is 4.61. The van der Waals surface area contributed by atoms with Crippen LogP contribution in [-0.2, 0) is 21.2 Å². The van der Waals surface area contributed by atoms with Crippen LogP contribution in [0.2, 0.25) is 4.34 Å². The summed E-state index contributed by atoms with van der Waals surface area (Å²) in [7, 11) is -3.48. The Morgan fingerprint density at radius 3 is 2.48 bits per heavy atom. The second-order valence-electron chi connectivity index (χ2n) is 5.65. The lowest BCUT2D eigenvalue weighted by molar-refractivity contribution is -0.130. The number of hydrogen-bond donors (Lipinski definition) is 0. The summed E-state index contributed by atoms with van der Waals surface area (Å²) in [5, 5.41) is 0. The molecule has 0 bridgehead atoms. The van der Waals surface area contributed by atoms with Gasteiger partial charge in [0.1, 0.15) is 0 Å². The predicted octanol–water partition coefficient (Wildman–Crippen LogP) is 4.09. The van der Waals surface area contributed by atoms with Gasteiger partial charge in [0.25, 0.3) is 0 Å². The maximum absolute atomic E-state index is 12.5. The van der Waals surface area contributed by atoms with Gasteiger partial charge in [0, 0.05) is 17.8 Å². The monoisotopic (exact) mass is 397 g/mol. The number of carbonyl (C=O) groups is 1. The van der Waals surface area contributed by atoms with Crippen molar-refractivity contribution in [1.29, 1.82) is 0 Å². The van der Waals surface area contributed by atoms with E-state index in [0.29, 0.717) is 17.4 Å². The van der Waals surface area contributed by atoms with Gasteiger partial charge in [-0.1, -0.05) is 35.4 Å². The maximum Gasteiger partial charge on any atom is 0.224 e. The minimum absolute atomic E-state index is 0.0663. The maximum atomic E-state index is 12.5. The second-order valence-corrected chi connectivity index (χ2v) is 9.56. The molecule has 0 aliphatic heterocycles. The lowest BCUT2D eigenvalue weighted by Crippen LogP contribution is -2.31. The number of rotatable bonds is 8. The van der Waals surface area contributed by atoms with E-state index >= 15 is 0 Å². The normalized spacial score (nSPS) is 11.3. The van der Waals surface area contributed by atoms with E-state index < -0.39 is 9.84 Å². The lowest BCUT2D eigenvalue weighted by Gasteiger charge is -2.20. The minimum Gasteiger partial charge on any atom is -0.334 e. The van der Waals surface area contributed by atoms with Crippen LogP contribution in [0.15, 0.2) is 53.9 Å². The Balaban J connectivity index is 2.02. The molecule has 1 aromatic heterocycles. The van der Waals surface area contributed by atoms with E-state index in [4.69, 9.17) is 11.6 Å². The molecule has 2 rings (SSSR count).